The molecule has 17 heavy (non-hydrogen) atoms. The van der Waals surface area contributed by atoms with Crippen LogP contribution in [-0.4, -0.2) is 4.98 Å². The van der Waals surface area contributed by atoms with E-state index in [2.05, 4.69) is 32.7 Å². The second-order valence-electron chi connectivity index (χ2n) is 5.81. The third-order valence-electron chi connectivity index (χ3n) is 3.42. The van der Waals surface area contributed by atoms with E-state index in [-0.39, 0.29) is 5.41 Å². The van der Waals surface area contributed by atoms with Crippen molar-refractivity contribution in [3.63, 3.8) is 0 Å². The largest absolute Gasteiger partial charge is 0.441 e. The highest BCUT2D eigenvalue weighted by molar-refractivity contribution is 5.76. The molecule has 1 unspecified atom stereocenters. The Kier molecular flexibility index (Phi) is 2.86. The molecule has 1 heterocycles. The second kappa shape index (κ2) is 4.06. The van der Waals surface area contributed by atoms with Gasteiger partial charge in [0, 0.05) is 12.1 Å². The summed E-state index contributed by atoms with van der Waals surface area (Å²) in [5, 5.41) is 0. The van der Waals surface area contributed by atoms with Gasteiger partial charge in [0.05, 0.1) is 0 Å². The van der Waals surface area contributed by atoms with E-state index < -0.39 is 0 Å². The van der Waals surface area contributed by atoms with E-state index in [4.69, 9.17) is 10.2 Å². The van der Waals surface area contributed by atoms with Crippen LogP contribution in [0, 0.1) is 11.3 Å². The summed E-state index contributed by atoms with van der Waals surface area (Å²) in [6, 6.07) is 5.57. The Morgan fingerprint density at radius 2 is 2.06 bits per heavy atom. The predicted molar refractivity (Wildman–Crippen MR) is 70.7 cm³/mol. The molecule has 0 aliphatic rings. The first-order chi connectivity index (χ1) is 7.86. The quantitative estimate of drug-likeness (QED) is 0.804. The smallest absolute Gasteiger partial charge is 0.195 e. The van der Waals surface area contributed by atoms with Crippen molar-refractivity contribution in [1.29, 1.82) is 0 Å². The summed E-state index contributed by atoms with van der Waals surface area (Å²) >= 11 is 0. The predicted octanol–water partition coefficient (Wildman–Crippen LogP) is 3.63. The minimum Gasteiger partial charge on any atom is -0.441 e. The molecule has 0 saturated carbocycles. The standard InChI is InChI=1S/C14H20N2O/c1-9(14(2,3)4)7-13-16-11-8-10(15)5-6-12(11)17-13/h5-6,8-9H,7,15H2,1-4H3. The first kappa shape index (κ1) is 12.0. The van der Waals surface area contributed by atoms with Crippen molar-refractivity contribution in [3.05, 3.63) is 24.1 Å². The van der Waals surface area contributed by atoms with Gasteiger partial charge in [-0.15, -0.1) is 0 Å². The molecule has 0 aliphatic carbocycles. The molecule has 0 amide bonds. The van der Waals surface area contributed by atoms with Crippen LogP contribution in [0.25, 0.3) is 11.1 Å². The molecule has 1 aromatic heterocycles. The Bertz CT molecular complexity index is 522. The van der Waals surface area contributed by atoms with Crippen LogP contribution in [0.4, 0.5) is 5.69 Å². The van der Waals surface area contributed by atoms with Gasteiger partial charge in [0.25, 0.3) is 0 Å². The van der Waals surface area contributed by atoms with Gasteiger partial charge in [0.1, 0.15) is 5.52 Å². The molecule has 3 heteroatoms. The fourth-order valence-electron chi connectivity index (χ4n) is 1.65. The maximum atomic E-state index is 5.72. The SMILES string of the molecule is CC(Cc1nc2cc(N)ccc2o1)C(C)(C)C. The molecule has 3 nitrogen and oxygen atoms in total. The number of hydrogen-bond donors (Lipinski definition) is 1. The molecule has 0 bridgehead atoms. The van der Waals surface area contributed by atoms with Crippen molar-refractivity contribution in [2.45, 2.75) is 34.1 Å². The van der Waals surface area contributed by atoms with Crippen LogP contribution in [0.5, 0.6) is 0 Å². The maximum Gasteiger partial charge on any atom is 0.195 e. The highest BCUT2D eigenvalue weighted by atomic mass is 16.3. The first-order valence-corrected chi connectivity index (χ1v) is 6.01. The summed E-state index contributed by atoms with van der Waals surface area (Å²) in [6.07, 6.45) is 0.859. The van der Waals surface area contributed by atoms with E-state index in [9.17, 15) is 0 Å². The van der Waals surface area contributed by atoms with Crippen molar-refractivity contribution in [2.24, 2.45) is 11.3 Å². The summed E-state index contributed by atoms with van der Waals surface area (Å²) in [4.78, 5) is 4.48. The van der Waals surface area contributed by atoms with Crippen LogP contribution in [0.1, 0.15) is 33.6 Å². The molecule has 1 atom stereocenters. The molecule has 2 rings (SSSR count). The molecule has 0 aliphatic heterocycles. The van der Waals surface area contributed by atoms with Crippen molar-refractivity contribution in [3.8, 4) is 0 Å². The number of anilines is 1. The lowest BCUT2D eigenvalue weighted by molar-refractivity contribution is 0.246. The molecule has 0 radical (unpaired) electrons. The van der Waals surface area contributed by atoms with Gasteiger partial charge >= 0.3 is 0 Å². The lowest BCUT2D eigenvalue weighted by Gasteiger charge is -2.25. The van der Waals surface area contributed by atoms with E-state index in [1.807, 2.05) is 18.2 Å². The number of nitrogens with zero attached hydrogens (tertiary/aromatic N) is 1. The monoisotopic (exact) mass is 232 g/mol. The third-order valence-corrected chi connectivity index (χ3v) is 3.42. The van der Waals surface area contributed by atoms with Crippen LogP contribution < -0.4 is 5.73 Å². The molecule has 2 N–H and O–H groups in total. The summed E-state index contributed by atoms with van der Waals surface area (Å²) in [5.41, 5.74) is 8.37. The number of benzene rings is 1. The minimum absolute atomic E-state index is 0.264. The van der Waals surface area contributed by atoms with Crippen LogP contribution >= 0.6 is 0 Å². The van der Waals surface area contributed by atoms with Gasteiger partial charge in [0.2, 0.25) is 0 Å². The zero-order valence-electron chi connectivity index (χ0n) is 10.9. The van der Waals surface area contributed by atoms with Crippen LogP contribution in [0.3, 0.4) is 0 Å². The van der Waals surface area contributed by atoms with Gasteiger partial charge in [0.15, 0.2) is 11.5 Å². The number of aromatic nitrogens is 1. The molecule has 92 valence electrons. The lowest BCUT2D eigenvalue weighted by atomic mass is 9.80. The van der Waals surface area contributed by atoms with Crippen LogP contribution in [0.2, 0.25) is 0 Å². The zero-order valence-corrected chi connectivity index (χ0v) is 10.9. The number of hydrogen-bond acceptors (Lipinski definition) is 3. The summed E-state index contributed by atoms with van der Waals surface area (Å²) in [5.74, 6) is 1.32. The van der Waals surface area contributed by atoms with Crippen LogP contribution in [0.15, 0.2) is 22.6 Å². The van der Waals surface area contributed by atoms with Gasteiger partial charge in [-0.2, -0.15) is 0 Å². The highest BCUT2D eigenvalue weighted by Gasteiger charge is 2.22. The summed E-state index contributed by atoms with van der Waals surface area (Å²) < 4.78 is 5.72. The molecule has 0 fully saturated rings. The average molecular weight is 232 g/mol. The van der Waals surface area contributed by atoms with E-state index in [1.165, 1.54) is 0 Å². The highest BCUT2D eigenvalue weighted by Crippen LogP contribution is 2.29. The topological polar surface area (TPSA) is 52.0 Å². The molecule has 0 saturated heterocycles. The number of nitrogens with two attached hydrogens (primary N) is 1. The molecular weight excluding hydrogens is 212 g/mol. The van der Waals surface area contributed by atoms with Gasteiger partial charge in [-0.05, 0) is 29.5 Å². The molecule has 1 aromatic carbocycles. The van der Waals surface area contributed by atoms with E-state index in [1.54, 1.807) is 0 Å². The second-order valence-corrected chi connectivity index (χ2v) is 5.81. The van der Waals surface area contributed by atoms with Crippen LogP contribution in [-0.2, 0) is 6.42 Å². The van der Waals surface area contributed by atoms with E-state index in [0.717, 1.165) is 29.1 Å². The fourth-order valence-corrected chi connectivity index (χ4v) is 1.65. The first-order valence-electron chi connectivity index (χ1n) is 6.01. The van der Waals surface area contributed by atoms with Crippen molar-refractivity contribution >= 4 is 16.8 Å². The number of rotatable bonds is 2. The van der Waals surface area contributed by atoms with Crippen molar-refractivity contribution in [1.82, 2.24) is 4.98 Å². The van der Waals surface area contributed by atoms with Gasteiger partial charge in [-0.25, -0.2) is 4.98 Å². The van der Waals surface area contributed by atoms with Crippen molar-refractivity contribution < 1.29 is 4.42 Å². The maximum absolute atomic E-state index is 5.72. The minimum atomic E-state index is 0.264. The summed E-state index contributed by atoms with van der Waals surface area (Å²) in [6.45, 7) is 8.93. The lowest BCUT2D eigenvalue weighted by Crippen LogP contribution is -2.19. The van der Waals surface area contributed by atoms with Crippen molar-refractivity contribution in [2.75, 3.05) is 5.73 Å². The van der Waals surface area contributed by atoms with E-state index in [0.29, 0.717) is 5.92 Å². The van der Waals surface area contributed by atoms with Gasteiger partial charge < -0.3 is 10.2 Å². The Balaban J connectivity index is 2.25. The van der Waals surface area contributed by atoms with Gasteiger partial charge in [-0.1, -0.05) is 27.7 Å². The third kappa shape index (κ3) is 2.60. The number of nitrogen functional groups attached to an aromatic ring is 1. The average Bonchev–Trinajstić information content (AvgIpc) is 2.57. The number of fused-ring (bicyclic) bond motifs is 1. The Labute approximate surface area is 102 Å². The fraction of sp³-hybridized carbons (Fsp3) is 0.500. The Hall–Kier alpha value is -1.51. The molecule has 0 spiro atoms. The zero-order chi connectivity index (χ0) is 12.6. The Morgan fingerprint density at radius 3 is 2.71 bits per heavy atom. The normalized spacial score (nSPS) is 14.1. The molecular formula is C14H20N2O. The molecule has 2 aromatic rings. The van der Waals surface area contributed by atoms with Gasteiger partial charge in [-0.3, -0.25) is 0 Å². The Morgan fingerprint density at radius 1 is 1.35 bits per heavy atom. The number of oxazole rings is 1. The summed E-state index contributed by atoms with van der Waals surface area (Å²) in [7, 11) is 0. The van der Waals surface area contributed by atoms with E-state index >= 15 is 0 Å².